The van der Waals surface area contributed by atoms with Crippen LogP contribution < -0.4 is 4.72 Å². The largest absolute Gasteiger partial charge is 0.387 e. The Kier molecular flexibility index (Phi) is 4.85. The van der Waals surface area contributed by atoms with Crippen molar-refractivity contribution < 1.29 is 21.9 Å². The molecule has 1 fully saturated rings. The fraction of sp³-hybridized carbons (Fsp3) is 0.636. The van der Waals surface area contributed by atoms with Crippen molar-refractivity contribution in [1.82, 2.24) is 4.72 Å². The van der Waals surface area contributed by atoms with Crippen molar-refractivity contribution in [3.8, 4) is 0 Å². The second-order valence-electron chi connectivity index (χ2n) is 4.82. The van der Waals surface area contributed by atoms with Gasteiger partial charge < -0.3 is 5.11 Å². The summed E-state index contributed by atoms with van der Waals surface area (Å²) >= 11 is 1.43. The zero-order valence-corrected chi connectivity index (χ0v) is 13.2. The van der Waals surface area contributed by atoms with Gasteiger partial charge in [-0.15, -0.1) is 0 Å². The number of nitrogens with one attached hydrogen (secondary N) is 1. The van der Waals surface area contributed by atoms with Gasteiger partial charge in [0.2, 0.25) is 10.0 Å². The summed E-state index contributed by atoms with van der Waals surface area (Å²) in [7, 11) is -6.67. The lowest BCUT2D eigenvalue weighted by Crippen LogP contribution is -2.41. The Hall–Kier alpha value is -0.480. The number of sulfonamides is 1. The summed E-state index contributed by atoms with van der Waals surface area (Å²) in [5, 5.41) is 12.7. The summed E-state index contributed by atoms with van der Waals surface area (Å²) in [5.41, 5.74) is 0.670. The molecule has 1 aliphatic rings. The Balaban J connectivity index is 1.91. The molecular formula is C11H17NO5S3. The van der Waals surface area contributed by atoms with Crippen molar-refractivity contribution in [3.63, 3.8) is 0 Å². The molecule has 2 rings (SSSR count). The van der Waals surface area contributed by atoms with E-state index in [1.54, 1.807) is 16.8 Å². The molecular weight excluding hydrogens is 322 g/mol. The van der Waals surface area contributed by atoms with Crippen LogP contribution in [-0.4, -0.2) is 45.2 Å². The molecule has 9 heteroatoms. The Morgan fingerprint density at radius 3 is 2.60 bits per heavy atom. The van der Waals surface area contributed by atoms with Gasteiger partial charge in [-0.1, -0.05) is 0 Å². The molecule has 1 atom stereocenters. The molecule has 114 valence electrons. The van der Waals surface area contributed by atoms with Crippen molar-refractivity contribution in [3.05, 3.63) is 22.4 Å². The molecule has 0 amide bonds. The zero-order valence-electron chi connectivity index (χ0n) is 10.7. The van der Waals surface area contributed by atoms with Gasteiger partial charge in [-0.2, -0.15) is 11.3 Å². The highest BCUT2D eigenvalue weighted by Crippen LogP contribution is 2.20. The number of thiophene rings is 1. The molecule has 2 heterocycles. The quantitative estimate of drug-likeness (QED) is 0.802. The highest BCUT2D eigenvalue weighted by atomic mass is 32.2. The number of sulfone groups is 1. The van der Waals surface area contributed by atoms with E-state index in [-0.39, 0.29) is 30.9 Å². The van der Waals surface area contributed by atoms with E-state index in [1.807, 2.05) is 0 Å². The highest BCUT2D eigenvalue weighted by molar-refractivity contribution is 7.92. The minimum Gasteiger partial charge on any atom is -0.387 e. The van der Waals surface area contributed by atoms with Crippen LogP contribution in [0.5, 0.6) is 0 Å². The highest BCUT2D eigenvalue weighted by Gasteiger charge is 2.32. The molecule has 0 bridgehead atoms. The smallest absolute Gasteiger partial charge is 0.214 e. The Labute approximate surface area is 122 Å². The van der Waals surface area contributed by atoms with Gasteiger partial charge in [0.1, 0.15) is 9.84 Å². The van der Waals surface area contributed by atoms with Crippen LogP contribution in [0.1, 0.15) is 24.5 Å². The number of hydrogen-bond donors (Lipinski definition) is 2. The van der Waals surface area contributed by atoms with Gasteiger partial charge in [-0.25, -0.2) is 21.6 Å². The first kappa shape index (κ1) is 15.9. The predicted octanol–water partition coefficient (Wildman–Crippen LogP) is 0.278. The van der Waals surface area contributed by atoms with Gasteiger partial charge in [0, 0.05) is 6.54 Å². The average Bonchev–Trinajstić information content (AvgIpc) is 2.89. The van der Waals surface area contributed by atoms with Crippen LogP contribution >= 0.6 is 11.3 Å². The third-order valence-electron chi connectivity index (χ3n) is 3.35. The standard InChI is InChI=1S/C11H17NO5S3/c13-11(9-1-4-18-8-9)7-12-20(16,17)10-2-5-19(14,15)6-3-10/h1,4,8,10-13H,2-3,5-7H2. The molecule has 0 saturated carbocycles. The first-order valence-corrected chi connectivity index (χ1v) is 10.5. The molecule has 0 aromatic carbocycles. The van der Waals surface area contributed by atoms with Crippen LogP contribution in [0, 0.1) is 0 Å². The molecule has 1 saturated heterocycles. The Morgan fingerprint density at radius 1 is 1.40 bits per heavy atom. The van der Waals surface area contributed by atoms with Crippen molar-refractivity contribution in [2.45, 2.75) is 24.2 Å². The Bertz CT molecular complexity index is 622. The first-order valence-electron chi connectivity index (χ1n) is 6.19. The van der Waals surface area contributed by atoms with Crippen LogP contribution in [0.3, 0.4) is 0 Å². The van der Waals surface area contributed by atoms with Crippen LogP contribution in [0.15, 0.2) is 16.8 Å². The van der Waals surface area contributed by atoms with E-state index < -0.39 is 31.2 Å². The monoisotopic (exact) mass is 339 g/mol. The van der Waals surface area contributed by atoms with Crippen LogP contribution in [-0.2, 0) is 19.9 Å². The maximum Gasteiger partial charge on any atom is 0.214 e. The van der Waals surface area contributed by atoms with Crippen molar-refractivity contribution >= 4 is 31.2 Å². The van der Waals surface area contributed by atoms with Crippen molar-refractivity contribution in [1.29, 1.82) is 0 Å². The third-order valence-corrected chi connectivity index (χ3v) is 7.68. The number of aliphatic hydroxyl groups is 1. The second-order valence-corrected chi connectivity index (χ2v) is 9.95. The number of rotatable bonds is 5. The van der Waals surface area contributed by atoms with E-state index in [4.69, 9.17) is 0 Å². The maximum atomic E-state index is 12.1. The van der Waals surface area contributed by atoms with Gasteiger partial charge in [0.25, 0.3) is 0 Å². The van der Waals surface area contributed by atoms with E-state index in [0.717, 1.165) is 0 Å². The molecule has 1 aliphatic heterocycles. The summed E-state index contributed by atoms with van der Waals surface area (Å²) in [4.78, 5) is 0. The molecule has 2 N–H and O–H groups in total. The lowest BCUT2D eigenvalue weighted by atomic mass is 10.2. The first-order chi connectivity index (χ1) is 9.30. The number of hydrogen-bond acceptors (Lipinski definition) is 6. The molecule has 0 radical (unpaired) electrons. The molecule has 0 aliphatic carbocycles. The molecule has 20 heavy (non-hydrogen) atoms. The van der Waals surface area contributed by atoms with Crippen LogP contribution in [0.2, 0.25) is 0 Å². The van der Waals surface area contributed by atoms with Crippen LogP contribution in [0.25, 0.3) is 0 Å². The fourth-order valence-electron chi connectivity index (χ4n) is 2.07. The Morgan fingerprint density at radius 2 is 2.05 bits per heavy atom. The summed E-state index contributed by atoms with van der Waals surface area (Å²) in [6, 6.07) is 1.73. The predicted molar refractivity (Wildman–Crippen MR) is 77.9 cm³/mol. The number of aliphatic hydroxyl groups excluding tert-OH is 1. The van der Waals surface area contributed by atoms with E-state index in [9.17, 15) is 21.9 Å². The van der Waals surface area contributed by atoms with Crippen molar-refractivity contribution in [2.24, 2.45) is 0 Å². The molecule has 6 nitrogen and oxygen atoms in total. The second kappa shape index (κ2) is 6.10. The topological polar surface area (TPSA) is 101 Å². The molecule has 1 aromatic rings. The van der Waals surface area contributed by atoms with Crippen molar-refractivity contribution in [2.75, 3.05) is 18.1 Å². The van der Waals surface area contributed by atoms with Gasteiger partial charge in [-0.3, -0.25) is 0 Å². The normalized spacial score (nSPS) is 21.6. The van der Waals surface area contributed by atoms with E-state index in [0.29, 0.717) is 5.56 Å². The summed E-state index contributed by atoms with van der Waals surface area (Å²) in [6.07, 6.45) is -0.651. The fourth-order valence-corrected chi connectivity index (χ4v) is 6.05. The minimum absolute atomic E-state index is 0.0916. The summed E-state index contributed by atoms with van der Waals surface area (Å²) in [6.45, 7) is -0.0949. The summed E-state index contributed by atoms with van der Waals surface area (Å²) < 4.78 is 49.1. The SMILES string of the molecule is O=S1(=O)CCC(S(=O)(=O)NCC(O)c2ccsc2)CC1. The van der Waals surface area contributed by atoms with Gasteiger partial charge in [-0.05, 0) is 35.2 Å². The minimum atomic E-state index is -3.59. The maximum absolute atomic E-state index is 12.1. The third kappa shape index (κ3) is 4.01. The zero-order chi connectivity index (χ0) is 14.8. The lowest BCUT2D eigenvalue weighted by molar-refractivity contribution is 0.182. The molecule has 1 unspecified atom stereocenters. The van der Waals surface area contributed by atoms with E-state index in [2.05, 4.69) is 4.72 Å². The summed E-state index contributed by atoms with van der Waals surface area (Å²) in [5.74, 6) is -0.183. The van der Waals surface area contributed by atoms with E-state index in [1.165, 1.54) is 11.3 Å². The van der Waals surface area contributed by atoms with Gasteiger partial charge in [0.05, 0.1) is 22.9 Å². The molecule has 1 aromatic heterocycles. The lowest BCUT2D eigenvalue weighted by Gasteiger charge is -2.23. The molecule has 0 spiro atoms. The van der Waals surface area contributed by atoms with Crippen LogP contribution in [0.4, 0.5) is 0 Å². The van der Waals surface area contributed by atoms with Gasteiger partial charge >= 0.3 is 0 Å². The average molecular weight is 339 g/mol. The van der Waals surface area contributed by atoms with Gasteiger partial charge in [0.15, 0.2) is 0 Å². The van der Waals surface area contributed by atoms with E-state index >= 15 is 0 Å².